The van der Waals surface area contributed by atoms with Crippen molar-refractivity contribution < 1.29 is 23.2 Å². The van der Waals surface area contributed by atoms with Gasteiger partial charge in [-0.3, -0.25) is 15.5 Å². The van der Waals surface area contributed by atoms with Crippen molar-refractivity contribution in [3.63, 3.8) is 0 Å². The molecule has 0 aliphatic heterocycles. The Bertz CT molecular complexity index is 879. The summed E-state index contributed by atoms with van der Waals surface area (Å²) in [6.45, 7) is 0. The van der Waals surface area contributed by atoms with Crippen molar-refractivity contribution >= 4 is 17.1 Å². The van der Waals surface area contributed by atoms with Crippen LogP contribution in [-0.4, -0.2) is 15.7 Å². The molecule has 0 radical (unpaired) electrons. The molecule has 0 saturated heterocycles. The lowest BCUT2D eigenvalue weighted by atomic mass is 10.1. The van der Waals surface area contributed by atoms with Gasteiger partial charge in [-0.1, -0.05) is 12.1 Å². The van der Waals surface area contributed by atoms with Crippen LogP contribution in [0.15, 0.2) is 41.5 Å². The van der Waals surface area contributed by atoms with Crippen molar-refractivity contribution in [1.82, 2.24) is 0 Å². The number of phenols is 1. The van der Waals surface area contributed by atoms with Crippen LogP contribution in [0.3, 0.4) is 0 Å². The van der Waals surface area contributed by atoms with E-state index in [1.54, 1.807) is 18.2 Å². The number of anilines is 1. The summed E-state index contributed by atoms with van der Waals surface area (Å²) < 4.78 is 38.1. The van der Waals surface area contributed by atoms with E-state index < -0.39 is 22.4 Å². The predicted molar refractivity (Wildman–Crippen MR) is 84.7 cm³/mol. The molecule has 0 saturated carbocycles. The average Bonchev–Trinajstić information content (AvgIpc) is 2.96. The second kappa shape index (κ2) is 6.08. The number of halogens is 3. The van der Waals surface area contributed by atoms with Crippen LogP contribution in [0, 0.1) is 10.1 Å². The molecule has 6 nitrogen and oxygen atoms in total. The molecule has 0 unspecified atom stereocenters. The third-order valence-electron chi connectivity index (χ3n) is 3.91. The highest BCUT2D eigenvalue weighted by Gasteiger charge is 2.33. The van der Waals surface area contributed by atoms with Gasteiger partial charge in [-0.25, -0.2) is 0 Å². The molecule has 25 heavy (non-hydrogen) atoms. The molecule has 0 fully saturated rings. The first-order valence-electron chi connectivity index (χ1n) is 7.27. The number of rotatable bonds is 3. The Kier molecular flexibility index (Phi) is 4.07. The summed E-state index contributed by atoms with van der Waals surface area (Å²) in [4.78, 5) is 10.2. The fourth-order valence-corrected chi connectivity index (χ4v) is 2.68. The Hall–Kier alpha value is -3.10. The molecule has 130 valence electrons. The molecule has 9 heteroatoms. The molecule has 3 rings (SSSR count). The number of nitrogens with one attached hydrogen (secondary N) is 1. The van der Waals surface area contributed by atoms with Gasteiger partial charge in [0, 0.05) is 17.2 Å². The Balaban J connectivity index is 1.92. The van der Waals surface area contributed by atoms with Gasteiger partial charge in [0.05, 0.1) is 16.2 Å². The third kappa shape index (κ3) is 3.25. The van der Waals surface area contributed by atoms with Crippen LogP contribution in [-0.2, 0) is 12.6 Å². The van der Waals surface area contributed by atoms with E-state index in [1.165, 1.54) is 0 Å². The third-order valence-corrected chi connectivity index (χ3v) is 3.91. The van der Waals surface area contributed by atoms with Crippen LogP contribution in [0.25, 0.3) is 0 Å². The molecule has 2 N–H and O–H groups in total. The molecule has 1 aliphatic carbocycles. The minimum atomic E-state index is -4.67. The number of nitro groups is 1. The van der Waals surface area contributed by atoms with E-state index in [0.29, 0.717) is 30.2 Å². The van der Waals surface area contributed by atoms with Crippen LogP contribution in [0.4, 0.5) is 24.5 Å². The Morgan fingerprint density at radius 1 is 1.20 bits per heavy atom. The Morgan fingerprint density at radius 3 is 2.64 bits per heavy atom. The zero-order chi connectivity index (χ0) is 18.2. The van der Waals surface area contributed by atoms with Crippen molar-refractivity contribution in [1.29, 1.82) is 0 Å². The van der Waals surface area contributed by atoms with Crippen molar-refractivity contribution in [2.24, 2.45) is 5.10 Å². The maximum Gasteiger partial charge on any atom is 0.416 e. The average molecular weight is 351 g/mol. The number of aromatic hydroxyl groups is 1. The van der Waals surface area contributed by atoms with Gasteiger partial charge in [0.1, 0.15) is 11.4 Å². The molecule has 0 heterocycles. The van der Waals surface area contributed by atoms with Crippen molar-refractivity contribution in [2.45, 2.75) is 19.0 Å². The fourth-order valence-electron chi connectivity index (χ4n) is 2.68. The highest BCUT2D eigenvalue weighted by atomic mass is 19.4. The second-order valence-electron chi connectivity index (χ2n) is 5.46. The number of phenolic OH excluding ortho intramolecular Hbond substituents is 1. The van der Waals surface area contributed by atoms with Crippen LogP contribution in [0.5, 0.6) is 5.75 Å². The number of nitro benzene ring substituents is 1. The Morgan fingerprint density at radius 2 is 1.96 bits per heavy atom. The summed E-state index contributed by atoms with van der Waals surface area (Å²) in [5.41, 5.74) is 2.52. The molecule has 2 aromatic rings. The quantitative estimate of drug-likeness (QED) is 0.644. The number of nitrogens with zero attached hydrogens (tertiary/aromatic N) is 2. The minimum absolute atomic E-state index is 0.140. The number of alkyl halides is 3. The predicted octanol–water partition coefficient (Wildman–Crippen LogP) is 4.08. The van der Waals surface area contributed by atoms with E-state index in [4.69, 9.17) is 0 Å². The van der Waals surface area contributed by atoms with E-state index >= 15 is 0 Å². The molecule has 0 bridgehead atoms. The zero-order valence-electron chi connectivity index (χ0n) is 12.7. The van der Waals surface area contributed by atoms with Gasteiger partial charge in [0.25, 0.3) is 5.69 Å². The minimum Gasteiger partial charge on any atom is -0.508 e. The zero-order valence-corrected chi connectivity index (χ0v) is 12.7. The number of hydrogen-bond acceptors (Lipinski definition) is 5. The lowest BCUT2D eigenvalue weighted by molar-refractivity contribution is -0.384. The van der Waals surface area contributed by atoms with Crippen molar-refractivity contribution in [3.8, 4) is 5.75 Å². The van der Waals surface area contributed by atoms with Gasteiger partial charge in [-0.2, -0.15) is 18.3 Å². The maximum absolute atomic E-state index is 12.7. The molecule has 2 aromatic carbocycles. The smallest absolute Gasteiger partial charge is 0.416 e. The van der Waals surface area contributed by atoms with Gasteiger partial charge in [0.15, 0.2) is 0 Å². The lowest BCUT2D eigenvalue weighted by Crippen LogP contribution is -2.07. The second-order valence-corrected chi connectivity index (χ2v) is 5.46. The van der Waals surface area contributed by atoms with E-state index in [1.807, 2.05) is 0 Å². The standard InChI is InChI=1S/C16H12F3N3O3/c17-16(18,19)9-4-6-13(14(8-9)22(24)25)21-20-12-7-5-11-10(12)2-1-3-15(11)23/h1-4,6,8,21,23H,5,7H2/b20-12-. The molecule has 0 atom stereocenters. The van der Waals surface area contributed by atoms with Crippen molar-refractivity contribution in [3.05, 3.63) is 63.2 Å². The molecule has 0 amide bonds. The molecule has 0 spiro atoms. The summed E-state index contributed by atoms with van der Waals surface area (Å²) in [5, 5.41) is 24.9. The number of benzene rings is 2. The van der Waals surface area contributed by atoms with E-state index in [9.17, 15) is 28.4 Å². The van der Waals surface area contributed by atoms with E-state index in [2.05, 4.69) is 10.5 Å². The highest BCUT2D eigenvalue weighted by molar-refractivity contribution is 6.05. The molecule has 0 aromatic heterocycles. The summed E-state index contributed by atoms with van der Waals surface area (Å²) in [6, 6.07) is 7.15. The summed E-state index contributed by atoms with van der Waals surface area (Å²) in [6.07, 6.45) is -3.59. The molecule has 1 aliphatic rings. The normalized spacial score (nSPS) is 15.2. The summed E-state index contributed by atoms with van der Waals surface area (Å²) in [7, 11) is 0. The van der Waals surface area contributed by atoms with E-state index in [-0.39, 0.29) is 11.4 Å². The van der Waals surface area contributed by atoms with Crippen LogP contribution in [0.2, 0.25) is 0 Å². The topological polar surface area (TPSA) is 87.8 Å². The highest BCUT2D eigenvalue weighted by Crippen LogP contribution is 2.35. The van der Waals surface area contributed by atoms with Crippen LogP contribution in [0.1, 0.15) is 23.1 Å². The van der Waals surface area contributed by atoms with Gasteiger partial charge < -0.3 is 5.11 Å². The number of hydrazone groups is 1. The number of hydrogen-bond donors (Lipinski definition) is 2. The van der Waals surface area contributed by atoms with E-state index in [0.717, 1.165) is 17.7 Å². The SMILES string of the molecule is O=[N+]([O-])c1cc(C(F)(F)F)ccc1N/N=C1/CCc2c(O)cccc21. The first-order valence-corrected chi connectivity index (χ1v) is 7.27. The molecular weight excluding hydrogens is 339 g/mol. The lowest BCUT2D eigenvalue weighted by Gasteiger charge is -2.09. The van der Waals surface area contributed by atoms with Crippen molar-refractivity contribution in [2.75, 3.05) is 5.43 Å². The number of fused-ring (bicyclic) bond motifs is 1. The van der Waals surface area contributed by atoms with Crippen LogP contribution < -0.4 is 5.43 Å². The van der Waals surface area contributed by atoms with Gasteiger partial charge in [0.2, 0.25) is 0 Å². The van der Waals surface area contributed by atoms with Crippen LogP contribution >= 0.6 is 0 Å². The fraction of sp³-hybridized carbons (Fsp3) is 0.188. The van der Waals surface area contributed by atoms with Gasteiger partial charge >= 0.3 is 6.18 Å². The first kappa shape index (κ1) is 16.7. The van der Waals surface area contributed by atoms with Gasteiger partial charge in [-0.05, 0) is 31.0 Å². The summed E-state index contributed by atoms with van der Waals surface area (Å²) >= 11 is 0. The summed E-state index contributed by atoms with van der Waals surface area (Å²) in [5.74, 6) is 0.142. The van der Waals surface area contributed by atoms with Gasteiger partial charge in [-0.15, -0.1) is 0 Å². The largest absolute Gasteiger partial charge is 0.508 e. The molecular formula is C16H12F3N3O3. The Labute approximate surface area is 139 Å². The maximum atomic E-state index is 12.7. The monoisotopic (exact) mass is 351 g/mol. The first-order chi connectivity index (χ1) is 11.8.